The predicted octanol–water partition coefficient (Wildman–Crippen LogP) is 2.68. The summed E-state index contributed by atoms with van der Waals surface area (Å²) in [6.45, 7) is 3.20. The van der Waals surface area contributed by atoms with Gasteiger partial charge in [0.25, 0.3) is 11.8 Å². The summed E-state index contributed by atoms with van der Waals surface area (Å²) in [5.74, 6) is -2.30. The van der Waals surface area contributed by atoms with Gasteiger partial charge in [-0.15, -0.1) is 0 Å². The van der Waals surface area contributed by atoms with Gasteiger partial charge in [0, 0.05) is 22.7 Å². The smallest absolute Gasteiger partial charge is 0.306 e. The van der Waals surface area contributed by atoms with Gasteiger partial charge in [0.15, 0.2) is 6.61 Å². The summed E-state index contributed by atoms with van der Waals surface area (Å²) in [7, 11) is 0. The summed E-state index contributed by atoms with van der Waals surface area (Å²) in [5, 5.41) is 3.22. The number of anilines is 1. The van der Waals surface area contributed by atoms with E-state index in [-0.39, 0.29) is 18.7 Å². The van der Waals surface area contributed by atoms with E-state index < -0.39 is 24.4 Å². The fraction of sp³-hybridized carbons (Fsp3) is 0.238. The standard InChI is InChI=1S/C21H22ClN3O5/c1-13-3-4-14(2)17(11-13)23-18(26)9-10-20(28)30-12-19(27)24-25-21(29)15-5-7-16(22)8-6-15/h3-8,11H,9-10,12H2,1-2H3,(H,23,26)(H,24,27)(H,25,29). The van der Waals surface area contributed by atoms with Gasteiger partial charge < -0.3 is 10.1 Å². The number of nitrogens with one attached hydrogen (secondary N) is 3. The molecular formula is C21H22ClN3O5. The average molecular weight is 432 g/mol. The molecule has 0 aliphatic rings. The van der Waals surface area contributed by atoms with Gasteiger partial charge in [-0.05, 0) is 55.3 Å². The summed E-state index contributed by atoms with van der Waals surface area (Å²) in [6.07, 6.45) is -0.262. The van der Waals surface area contributed by atoms with Gasteiger partial charge >= 0.3 is 5.97 Å². The molecule has 30 heavy (non-hydrogen) atoms. The van der Waals surface area contributed by atoms with Crippen LogP contribution in [0.1, 0.15) is 34.3 Å². The number of hydrogen-bond acceptors (Lipinski definition) is 5. The number of halogens is 1. The molecule has 0 aliphatic heterocycles. The van der Waals surface area contributed by atoms with Crippen LogP contribution in [0.4, 0.5) is 5.69 Å². The van der Waals surface area contributed by atoms with E-state index in [1.807, 2.05) is 32.0 Å². The fourth-order valence-corrected chi connectivity index (χ4v) is 2.48. The summed E-state index contributed by atoms with van der Waals surface area (Å²) in [4.78, 5) is 47.3. The first-order valence-electron chi connectivity index (χ1n) is 9.12. The second kappa shape index (κ2) is 11.0. The summed E-state index contributed by atoms with van der Waals surface area (Å²) < 4.78 is 4.80. The number of hydrazine groups is 1. The van der Waals surface area contributed by atoms with Crippen LogP contribution in [0.25, 0.3) is 0 Å². The van der Waals surface area contributed by atoms with E-state index in [1.165, 1.54) is 24.3 Å². The van der Waals surface area contributed by atoms with E-state index in [4.69, 9.17) is 16.3 Å². The molecule has 3 N–H and O–H groups in total. The minimum atomic E-state index is -0.717. The Kier molecular flexibility index (Phi) is 8.37. The van der Waals surface area contributed by atoms with Crippen LogP contribution in [0.3, 0.4) is 0 Å². The number of amides is 3. The van der Waals surface area contributed by atoms with Crippen molar-refractivity contribution in [2.24, 2.45) is 0 Å². The molecule has 0 aliphatic carbocycles. The minimum absolute atomic E-state index is 0.0822. The maximum atomic E-state index is 12.0. The molecular weight excluding hydrogens is 410 g/mol. The number of hydrogen-bond donors (Lipinski definition) is 3. The van der Waals surface area contributed by atoms with Crippen molar-refractivity contribution >= 4 is 41.0 Å². The summed E-state index contributed by atoms with van der Waals surface area (Å²) in [6, 6.07) is 11.7. The molecule has 0 heterocycles. The van der Waals surface area contributed by atoms with E-state index in [1.54, 1.807) is 0 Å². The fourth-order valence-electron chi connectivity index (χ4n) is 2.35. The molecule has 2 aromatic rings. The molecule has 0 radical (unpaired) electrons. The van der Waals surface area contributed by atoms with Crippen LogP contribution >= 0.6 is 11.6 Å². The Morgan fingerprint density at radius 1 is 0.900 bits per heavy atom. The highest BCUT2D eigenvalue weighted by molar-refractivity contribution is 6.30. The van der Waals surface area contributed by atoms with Gasteiger partial charge in [-0.2, -0.15) is 0 Å². The molecule has 0 unspecified atom stereocenters. The number of benzene rings is 2. The van der Waals surface area contributed by atoms with E-state index in [0.29, 0.717) is 16.3 Å². The normalized spacial score (nSPS) is 10.1. The van der Waals surface area contributed by atoms with Crippen molar-refractivity contribution < 1.29 is 23.9 Å². The third kappa shape index (κ3) is 7.56. The van der Waals surface area contributed by atoms with Crippen LogP contribution in [0.5, 0.6) is 0 Å². The highest BCUT2D eigenvalue weighted by atomic mass is 35.5. The predicted molar refractivity (Wildman–Crippen MR) is 112 cm³/mol. The number of esters is 1. The Hall–Kier alpha value is -3.39. The van der Waals surface area contributed by atoms with Crippen LogP contribution in [-0.2, 0) is 19.1 Å². The number of carbonyl (C=O) groups is 4. The van der Waals surface area contributed by atoms with Gasteiger partial charge in [-0.25, -0.2) is 0 Å². The quantitative estimate of drug-likeness (QED) is 0.460. The van der Waals surface area contributed by atoms with Gasteiger partial charge in [-0.3, -0.25) is 30.0 Å². The third-order valence-electron chi connectivity index (χ3n) is 4.01. The average Bonchev–Trinajstić information content (AvgIpc) is 2.72. The molecule has 2 aromatic carbocycles. The zero-order valence-corrected chi connectivity index (χ0v) is 17.3. The topological polar surface area (TPSA) is 114 Å². The number of ether oxygens (including phenoxy) is 1. The summed E-state index contributed by atoms with van der Waals surface area (Å²) >= 11 is 5.74. The zero-order chi connectivity index (χ0) is 22.1. The van der Waals surface area contributed by atoms with Crippen LogP contribution in [0.15, 0.2) is 42.5 Å². The number of carbonyl (C=O) groups excluding carboxylic acids is 4. The molecule has 0 atom stereocenters. The third-order valence-corrected chi connectivity index (χ3v) is 4.26. The van der Waals surface area contributed by atoms with Crippen LogP contribution in [0.2, 0.25) is 5.02 Å². The lowest BCUT2D eigenvalue weighted by atomic mass is 10.1. The largest absolute Gasteiger partial charge is 0.455 e. The first-order chi connectivity index (χ1) is 14.2. The lowest BCUT2D eigenvalue weighted by molar-refractivity contribution is -0.149. The molecule has 3 amide bonds. The SMILES string of the molecule is Cc1ccc(C)c(NC(=O)CCC(=O)OCC(=O)NNC(=O)c2ccc(Cl)cc2)c1. The second-order valence-electron chi connectivity index (χ2n) is 6.54. The molecule has 158 valence electrons. The molecule has 0 fully saturated rings. The molecule has 8 nitrogen and oxygen atoms in total. The Morgan fingerprint density at radius 2 is 1.60 bits per heavy atom. The van der Waals surface area contributed by atoms with Crippen molar-refractivity contribution in [2.45, 2.75) is 26.7 Å². The molecule has 0 spiro atoms. The van der Waals surface area contributed by atoms with Gasteiger partial charge in [0.1, 0.15) is 0 Å². The second-order valence-corrected chi connectivity index (χ2v) is 6.97. The lowest BCUT2D eigenvalue weighted by Crippen LogP contribution is -2.43. The minimum Gasteiger partial charge on any atom is -0.455 e. The van der Waals surface area contributed by atoms with Crippen LogP contribution in [-0.4, -0.2) is 30.3 Å². The highest BCUT2D eigenvalue weighted by Crippen LogP contribution is 2.16. The van der Waals surface area contributed by atoms with Crippen LogP contribution in [0, 0.1) is 13.8 Å². The number of aryl methyl sites for hydroxylation is 2. The molecule has 9 heteroatoms. The Balaban J connectivity index is 1.66. The van der Waals surface area contributed by atoms with Crippen molar-refractivity contribution in [2.75, 3.05) is 11.9 Å². The maximum Gasteiger partial charge on any atom is 0.306 e. The van der Waals surface area contributed by atoms with Crippen LogP contribution < -0.4 is 16.2 Å². The van der Waals surface area contributed by atoms with E-state index >= 15 is 0 Å². The monoisotopic (exact) mass is 431 g/mol. The van der Waals surface area contributed by atoms with E-state index in [9.17, 15) is 19.2 Å². The Morgan fingerprint density at radius 3 is 2.30 bits per heavy atom. The van der Waals surface area contributed by atoms with E-state index in [2.05, 4.69) is 16.2 Å². The Bertz CT molecular complexity index is 944. The first kappa shape index (κ1) is 22.9. The highest BCUT2D eigenvalue weighted by Gasteiger charge is 2.12. The van der Waals surface area contributed by atoms with Gasteiger partial charge in [0.05, 0.1) is 6.42 Å². The van der Waals surface area contributed by atoms with Gasteiger partial charge in [0.2, 0.25) is 5.91 Å². The lowest BCUT2D eigenvalue weighted by Gasteiger charge is -2.10. The zero-order valence-electron chi connectivity index (χ0n) is 16.6. The van der Waals surface area contributed by atoms with Gasteiger partial charge in [-0.1, -0.05) is 23.7 Å². The molecule has 0 saturated heterocycles. The molecule has 0 saturated carbocycles. The van der Waals surface area contributed by atoms with E-state index in [0.717, 1.165) is 11.1 Å². The van der Waals surface area contributed by atoms with Crippen molar-refractivity contribution in [3.05, 3.63) is 64.2 Å². The number of rotatable bonds is 7. The van der Waals surface area contributed by atoms with Crippen molar-refractivity contribution in [3.63, 3.8) is 0 Å². The first-order valence-corrected chi connectivity index (χ1v) is 9.50. The Labute approximate surface area is 178 Å². The maximum absolute atomic E-state index is 12.0. The molecule has 2 rings (SSSR count). The van der Waals surface area contributed by atoms with Crippen molar-refractivity contribution in [1.29, 1.82) is 0 Å². The summed E-state index contributed by atoms with van der Waals surface area (Å²) in [5.41, 5.74) is 7.22. The molecule has 0 bridgehead atoms. The van der Waals surface area contributed by atoms with Crippen molar-refractivity contribution in [3.8, 4) is 0 Å². The molecule has 0 aromatic heterocycles. The van der Waals surface area contributed by atoms with Crippen molar-refractivity contribution in [1.82, 2.24) is 10.9 Å².